The average Bonchev–Trinajstić information content (AvgIpc) is 2.18. The van der Waals surface area contributed by atoms with Gasteiger partial charge in [0.1, 0.15) is 11.4 Å². The quantitative estimate of drug-likeness (QED) is 0.822. The van der Waals surface area contributed by atoms with E-state index in [4.69, 9.17) is 4.42 Å². The lowest BCUT2D eigenvalue weighted by atomic mass is 9.76. The Kier molecular flexibility index (Phi) is 2.84. The van der Waals surface area contributed by atoms with E-state index in [0.29, 0.717) is 24.2 Å². The summed E-state index contributed by atoms with van der Waals surface area (Å²) in [5.41, 5.74) is -0.392. The summed E-state index contributed by atoms with van der Waals surface area (Å²) in [5.74, 6) is -0.0159. The monoisotopic (exact) mass is 249 g/mol. The maximum absolute atomic E-state index is 12.0. The number of hydrogen-bond acceptors (Lipinski definition) is 4. The zero-order valence-corrected chi connectivity index (χ0v) is 10.6. The van der Waals surface area contributed by atoms with Crippen molar-refractivity contribution < 1.29 is 14.0 Å². The number of carbonyl (C=O) groups is 2. The predicted octanol–water partition coefficient (Wildman–Crippen LogP) is 1.75. The van der Waals surface area contributed by atoms with E-state index in [1.165, 1.54) is 13.0 Å². The predicted molar refractivity (Wildman–Crippen MR) is 65.7 cm³/mol. The van der Waals surface area contributed by atoms with Crippen LogP contribution >= 0.6 is 0 Å². The Morgan fingerprint density at radius 1 is 1.33 bits per heavy atom. The molecule has 0 bridgehead atoms. The molecule has 1 N–H and O–H groups in total. The van der Waals surface area contributed by atoms with Gasteiger partial charge in [0, 0.05) is 19.8 Å². The van der Waals surface area contributed by atoms with Crippen LogP contribution in [-0.4, -0.2) is 11.7 Å². The van der Waals surface area contributed by atoms with Crippen LogP contribution in [0.3, 0.4) is 0 Å². The van der Waals surface area contributed by atoms with E-state index >= 15 is 0 Å². The number of Topliss-reactive ketones (excluding diaryl/α,β-unsaturated/α-hetero) is 1. The lowest BCUT2D eigenvalue weighted by Crippen LogP contribution is -2.29. The Morgan fingerprint density at radius 3 is 2.61 bits per heavy atom. The van der Waals surface area contributed by atoms with Gasteiger partial charge in [-0.25, -0.2) is 4.79 Å². The molecular formula is C13H15NO4. The highest BCUT2D eigenvalue weighted by Gasteiger charge is 2.33. The standard InChI is InChI=1S/C13H15NO4/c1-7(15)14-9-4-8-10(16)5-13(2,3)6-11(8)18-12(9)17/h4H,5-6H2,1-3H3,(H,14,15). The molecule has 1 aromatic rings. The van der Waals surface area contributed by atoms with Crippen molar-refractivity contribution in [3.8, 4) is 0 Å². The second-order valence-corrected chi connectivity index (χ2v) is 5.41. The number of fused-ring (bicyclic) bond motifs is 1. The molecule has 0 unspecified atom stereocenters. The van der Waals surface area contributed by atoms with E-state index in [0.717, 1.165) is 0 Å². The third-order valence-electron chi connectivity index (χ3n) is 2.91. The van der Waals surface area contributed by atoms with Gasteiger partial charge in [-0.3, -0.25) is 9.59 Å². The number of nitrogens with one attached hydrogen (secondary N) is 1. The van der Waals surface area contributed by atoms with Crippen LogP contribution in [0.15, 0.2) is 15.3 Å². The number of amides is 1. The Balaban J connectivity index is 2.50. The van der Waals surface area contributed by atoms with E-state index in [2.05, 4.69) is 5.32 Å². The maximum Gasteiger partial charge on any atom is 0.359 e. The Labute approximate surface area is 104 Å². The van der Waals surface area contributed by atoms with Gasteiger partial charge >= 0.3 is 5.63 Å². The number of rotatable bonds is 1. The van der Waals surface area contributed by atoms with Crippen molar-refractivity contribution >= 4 is 17.4 Å². The fourth-order valence-corrected chi connectivity index (χ4v) is 2.18. The van der Waals surface area contributed by atoms with Crippen molar-refractivity contribution in [3.63, 3.8) is 0 Å². The molecule has 2 rings (SSSR count). The first-order valence-corrected chi connectivity index (χ1v) is 5.76. The minimum atomic E-state index is -0.616. The van der Waals surface area contributed by atoms with Crippen LogP contribution in [0, 0.1) is 5.41 Å². The first-order chi connectivity index (χ1) is 8.28. The van der Waals surface area contributed by atoms with Crippen LogP contribution < -0.4 is 10.9 Å². The highest BCUT2D eigenvalue weighted by Crippen LogP contribution is 2.34. The number of ketones is 1. The van der Waals surface area contributed by atoms with Crippen molar-refractivity contribution in [1.29, 1.82) is 0 Å². The molecule has 5 nitrogen and oxygen atoms in total. The molecule has 0 fully saturated rings. The van der Waals surface area contributed by atoms with Gasteiger partial charge in [-0.05, 0) is 11.5 Å². The number of anilines is 1. The van der Waals surface area contributed by atoms with Gasteiger partial charge in [0.25, 0.3) is 0 Å². The van der Waals surface area contributed by atoms with Crippen LogP contribution in [0.5, 0.6) is 0 Å². The zero-order chi connectivity index (χ0) is 13.5. The van der Waals surface area contributed by atoms with E-state index in [1.807, 2.05) is 13.8 Å². The molecule has 0 aliphatic heterocycles. The summed E-state index contributed by atoms with van der Waals surface area (Å²) in [5, 5.41) is 2.37. The Hall–Kier alpha value is -1.91. The van der Waals surface area contributed by atoms with Crippen LogP contribution in [0.25, 0.3) is 0 Å². The molecule has 1 aromatic heterocycles. The average molecular weight is 249 g/mol. The van der Waals surface area contributed by atoms with Gasteiger partial charge in [-0.15, -0.1) is 0 Å². The molecule has 1 aliphatic rings. The van der Waals surface area contributed by atoms with Crippen molar-refractivity contribution in [2.24, 2.45) is 5.41 Å². The minimum Gasteiger partial charge on any atom is -0.426 e. The first-order valence-electron chi connectivity index (χ1n) is 5.76. The normalized spacial score (nSPS) is 17.2. The third kappa shape index (κ3) is 2.34. The molecule has 0 spiro atoms. The molecule has 1 amide bonds. The van der Waals surface area contributed by atoms with Crippen molar-refractivity contribution in [2.75, 3.05) is 5.32 Å². The molecule has 5 heteroatoms. The van der Waals surface area contributed by atoms with Gasteiger partial charge in [-0.1, -0.05) is 13.8 Å². The molecule has 0 radical (unpaired) electrons. The van der Waals surface area contributed by atoms with E-state index in [9.17, 15) is 14.4 Å². The molecule has 18 heavy (non-hydrogen) atoms. The van der Waals surface area contributed by atoms with Crippen LogP contribution in [0.1, 0.15) is 43.3 Å². The minimum absolute atomic E-state index is 0.0225. The van der Waals surface area contributed by atoms with Gasteiger partial charge in [-0.2, -0.15) is 0 Å². The van der Waals surface area contributed by atoms with E-state index in [1.54, 1.807) is 0 Å². The summed E-state index contributed by atoms with van der Waals surface area (Å²) in [6.45, 7) is 5.20. The van der Waals surface area contributed by atoms with Crippen LogP contribution in [0.2, 0.25) is 0 Å². The van der Waals surface area contributed by atoms with Crippen molar-refractivity contribution in [2.45, 2.75) is 33.6 Å². The van der Waals surface area contributed by atoms with Crippen LogP contribution in [-0.2, 0) is 11.2 Å². The third-order valence-corrected chi connectivity index (χ3v) is 2.91. The van der Waals surface area contributed by atoms with Crippen LogP contribution in [0.4, 0.5) is 5.69 Å². The summed E-state index contributed by atoms with van der Waals surface area (Å²) >= 11 is 0. The number of carbonyl (C=O) groups excluding carboxylic acids is 2. The molecule has 1 heterocycles. The molecule has 0 saturated carbocycles. The van der Waals surface area contributed by atoms with Crippen molar-refractivity contribution in [3.05, 3.63) is 27.8 Å². The number of hydrogen-bond donors (Lipinski definition) is 1. The SMILES string of the molecule is CC(=O)Nc1cc2c(oc1=O)CC(C)(C)CC2=O. The van der Waals surface area contributed by atoms with Gasteiger partial charge < -0.3 is 9.73 Å². The van der Waals surface area contributed by atoms with E-state index in [-0.39, 0.29) is 22.8 Å². The summed E-state index contributed by atoms with van der Waals surface area (Å²) in [4.78, 5) is 34.6. The lowest BCUT2D eigenvalue weighted by molar-refractivity contribution is -0.114. The summed E-state index contributed by atoms with van der Waals surface area (Å²) < 4.78 is 5.15. The largest absolute Gasteiger partial charge is 0.426 e. The fraction of sp³-hybridized carbons (Fsp3) is 0.462. The highest BCUT2D eigenvalue weighted by molar-refractivity contribution is 6.00. The molecule has 0 saturated heterocycles. The first kappa shape index (κ1) is 12.5. The molecule has 0 atom stereocenters. The summed E-state index contributed by atoms with van der Waals surface area (Å²) in [7, 11) is 0. The Bertz CT molecular complexity index is 583. The zero-order valence-electron chi connectivity index (χ0n) is 10.6. The Morgan fingerprint density at radius 2 is 2.00 bits per heavy atom. The summed E-state index contributed by atoms with van der Waals surface area (Å²) in [6.07, 6.45) is 0.955. The molecule has 1 aliphatic carbocycles. The highest BCUT2D eigenvalue weighted by atomic mass is 16.4. The second kappa shape index (κ2) is 4.08. The lowest BCUT2D eigenvalue weighted by Gasteiger charge is -2.28. The van der Waals surface area contributed by atoms with Gasteiger partial charge in [0.15, 0.2) is 5.78 Å². The molecular weight excluding hydrogens is 234 g/mol. The molecule has 96 valence electrons. The molecule has 0 aromatic carbocycles. The summed E-state index contributed by atoms with van der Waals surface area (Å²) in [6, 6.07) is 1.42. The van der Waals surface area contributed by atoms with Crippen molar-refractivity contribution in [1.82, 2.24) is 0 Å². The van der Waals surface area contributed by atoms with E-state index < -0.39 is 5.63 Å². The van der Waals surface area contributed by atoms with Gasteiger partial charge in [0.2, 0.25) is 5.91 Å². The maximum atomic E-state index is 12.0. The van der Waals surface area contributed by atoms with Gasteiger partial charge in [0.05, 0.1) is 5.56 Å². The smallest absolute Gasteiger partial charge is 0.359 e. The second-order valence-electron chi connectivity index (χ2n) is 5.41. The topological polar surface area (TPSA) is 76.4 Å². The fourth-order valence-electron chi connectivity index (χ4n) is 2.18.